The SMILES string of the molecule is C#CCCCNC(=O)c1cc(Cl)nc(CC)c1. The van der Waals surface area contributed by atoms with Crippen molar-refractivity contribution in [1.82, 2.24) is 10.3 Å². The highest BCUT2D eigenvalue weighted by atomic mass is 35.5. The van der Waals surface area contributed by atoms with Crippen LogP contribution in [-0.2, 0) is 6.42 Å². The minimum absolute atomic E-state index is 0.138. The maximum Gasteiger partial charge on any atom is 0.251 e. The topological polar surface area (TPSA) is 42.0 Å². The fourth-order valence-electron chi connectivity index (χ4n) is 1.36. The predicted octanol–water partition coefficient (Wildman–Crippen LogP) is 2.44. The van der Waals surface area contributed by atoms with Crippen molar-refractivity contribution in [2.75, 3.05) is 6.54 Å². The summed E-state index contributed by atoms with van der Waals surface area (Å²) >= 11 is 5.84. The van der Waals surface area contributed by atoms with E-state index >= 15 is 0 Å². The number of hydrogen-bond donors (Lipinski definition) is 1. The number of nitrogens with zero attached hydrogens (tertiary/aromatic N) is 1. The van der Waals surface area contributed by atoms with Gasteiger partial charge in [0, 0.05) is 24.2 Å². The highest BCUT2D eigenvalue weighted by Gasteiger charge is 2.07. The molecule has 1 aromatic rings. The zero-order valence-electron chi connectivity index (χ0n) is 9.79. The Morgan fingerprint density at radius 1 is 1.59 bits per heavy atom. The van der Waals surface area contributed by atoms with Crippen LogP contribution in [0.1, 0.15) is 35.8 Å². The van der Waals surface area contributed by atoms with E-state index in [-0.39, 0.29) is 5.91 Å². The molecule has 4 heteroatoms. The molecule has 0 unspecified atom stereocenters. The Bertz CT molecular complexity index is 438. The van der Waals surface area contributed by atoms with Gasteiger partial charge in [-0.1, -0.05) is 18.5 Å². The van der Waals surface area contributed by atoms with Crippen molar-refractivity contribution >= 4 is 17.5 Å². The van der Waals surface area contributed by atoms with Crippen LogP contribution in [0.5, 0.6) is 0 Å². The second kappa shape index (κ2) is 6.93. The summed E-state index contributed by atoms with van der Waals surface area (Å²) in [5.74, 6) is 2.39. The molecule has 0 radical (unpaired) electrons. The number of unbranched alkanes of at least 4 members (excludes halogenated alkanes) is 1. The number of terminal acetylenes is 1. The third-order valence-corrected chi connectivity index (χ3v) is 2.45. The van der Waals surface area contributed by atoms with Crippen LogP contribution in [0.2, 0.25) is 5.15 Å². The molecule has 0 bridgehead atoms. The molecular formula is C13H15ClN2O. The van der Waals surface area contributed by atoms with Gasteiger partial charge in [0.2, 0.25) is 0 Å². The summed E-state index contributed by atoms with van der Waals surface area (Å²) in [6, 6.07) is 3.32. The fourth-order valence-corrected chi connectivity index (χ4v) is 1.58. The Kier molecular flexibility index (Phi) is 5.51. The van der Waals surface area contributed by atoms with Crippen molar-refractivity contribution < 1.29 is 4.79 Å². The van der Waals surface area contributed by atoms with Gasteiger partial charge < -0.3 is 5.32 Å². The molecule has 0 spiro atoms. The molecule has 1 rings (SSSR count). The molecule has 0 aromatic carbocycles. The number of aromatic nitrogens is 1. The minimum Gasteiger partial charge on any atom is -0.352 e. The summed E-state index contributed by atoms with van der Waals surface area (Å²) in [5.41, 5.74) is 1.36. The van der Waals surface area contributed by atoms with Gasteiger partial charge in [-0.2, -0.15) is 0 Å². The maximum atomic E-state index is 11.8. The molecule has 3 nitrogen and oxygen atoms in total. The second-order valence-corrected chi connectivity index (χ2v) is 3.97. The highest BCUT2D eigenvalue weighted by molar-refractivity contribution is 6.29. The van der Waals surface area contributed by atoms with Crippen LogP contribution in [0.25, 0.3) is 0 Å². The van der Waals surface area contributed by atoms with Crippen LogP contribution < -0.4 is 5.32 Å². The molecule has 1 aromatic heterocycles. The monoisotopic (exact) mass is 250 g/mol. The lowest BCUT2D eigenvalue weighted by atomic mass is 10.2. The van der Waals surface area contributed by atoms with E-state index in [1.54, 1.807) is 12.1 Å². The quantitative estimate of drug-likeness (QED) is 0.496. The maximum absolute atomic E-state index is 11.8. The zero-order valence-corrected chi connectivity index (χ0v) is 10.5. The fraction of sp³-hybridized carbons (Fsp3) is 0.385. The number of halogens is 1. The van der Waals surface area contributed by atoms with Crippen molar-refractivity contribution in [3.8, 4) is 12.3 Å². The number of pyridine rings is 1. The van der Waals surface area contributed by atoms with Crippen molar-refractivity contribution in [3.63, 3.8) is 0 Å². The molecule has 90 valence electrons. The Morgan fingerprint density at radius 3 is 3.00 bits per heavy atom. The molecule has 0 aliphatic rings. The van der Waals surface area contributed by atoms with Gasteiger partial charge in [-0.3, -0.25) is 4.79 Å². The van der Waals surface area contributed by atoms with E-state index in [0.29, 0.717) is 23.7 Å². The molecule has 17 heavy (non-hydrogen) atoms. The van der Waals surface area contributed by atoms with Gasteiger partial charge in [0.25, 0.3) is 5.91 Å². The second-order valence-electron chi connectivity index (χ2n) is 3.59. The number of hydrogen-bond acceptors (Lipinski definition) is 2. The number of carbonyl (C=O) groups is 1. The standard InChI is InChI=1S/C13H15ClN2O/c1-3-5-6-7-15-13(17)10-8-11(4-2)16-12(14)9-10/h1,8-9H,4-7H2,2H3,(H,15,17). The summed E-state index contributed by atoms with van der Waals surface area (Å²) in [4.78, 5) is 15.9. The first-order chi connectivity index (χ1) is 8.17. The molecule has 0 saturated carbocycles. The average Bonchev–Trinajstić information content (AvgIpc) is 2.33. The number of rotatable bonds is 5. The van der Waals surface area contributed by atoms with Gasteiger partial charge in [-0.05, 0) is 25.0 Å². The summed E-state index contributed by atoms with van der Waals surface area (Å²) in [5, 5.41) is 3.14. The van der Waals surface area contributed by atoms with E-state index in [0.717, 1.165) is 18.5 Å². The molecule has 0 fully saturated rings. The lowest BCUT2D eigenvalue weighted by molar-refractivity contribution is 0.0953. The van der Waals surface area contributed by atoms with Crippen LogP contribution >= 0.6 is 11.6 Å². The van der Waals surface area contributed by atoms with Gasteiger partial charge in [0.05, 0.1) is 0 Å². The molecule has 0 atom stereocenters. The first-order valence-electron chi connectivity index (χ1n) is 5.55. The molecular weight excluding hydrogens is 236 g/mol. The van der Waals surface area contributed by atoms with E-state index in [2.05, 4.69) is 16.2 Å². The summed E-state index contributed by atoms with van der Waals surface area (Å²) in [6.45, 7) is 2.54. The Hall–Kier alpha value is -1.53. The lowest BCUT2D eigenvalue weighted by Crippen LogP contribution is -2.24. The largest absolute Gasteiger partial charge is 0.352 e. The summed E-state index contributed by atoms with van der Waals surface area (Å²) in [6.07, 6.45) is 7.32. The first-order valence-corrected chi connectivity index (χ1v) is 5.93. The van der Waals surface area contributed by atoms with Crippen molar-refractivity contribution in [1.29, 1.82) is 0 Å². The summed E-state index contributed by atoms with van der Waals surface area (Å²) in [7, 11) is 0. The molecule has 0 aliphatic carbocycles. The number of carbonyl (C=O) groups excluding carboxylic acids is 1. The van der Waals surface area contributed by atoms with Crippen LogP contribution in [0.4, 0.5) is 0 Å². The normalized spacial score (nSPS) is 9.71. The lowest BCUT2D eigenvalue weighted by Gasteiger charge is -2.06. The third kappa shape index (κ3) is 4.46. The number of nitrogens with one attached hydrogen (secondary N) is 1. The van der Waals surface area contributed by atoms with Crippen LogP contribution in [0, 0.1) is 12.3 Å². The Labute approximate surface area is 107 Å². The van der Waals surface area contributed by atoms with Gasteiger partial charge in [-0.25, -0.2) is 4.98 Å². The molecule has 0 aliphatic heterocycles. The zero-order chi connectivity index (χ0) is 12.7. The van der Waals surface area contributed by atoms with Crippen molar-refractivity contribution in [2.45, 2.75) is 26.2 Å². The third-order valence-electron chi connectivity index (χ3n) is 2.26. The van der Waals surface area contributed by atoms with Crippen LogP contribution in [0.3, 0.4) is 0 Å². The van der Waals surface area contributed by atoms with Crippen LogP contribution in [-0.4, -0.2) is 17.4 Å². The highest BCUT2D eigenvalue weighted by Crippen LogP contribution is 2.11. The first kappa shape index (κ1) is 13.5. The molecule has 1 amide bonds. The van der Waals surface area contributed by atoms with E-state index in [9.17, 15) is 4.79 Å². The van der Waals surface area contributed by atoms with E-state index in [4.69, 9.17) is 18.0 Å². The minimum atomic E-state index is -0.138. The summed E-state index contributed by atoms with van der Waals surface area (Å²) < 4.78 is 0. The van der Waals surface area contributed by atoms with Gasteiger partial charge in [-0.15, -0.1) is 12.3 Å². The van der Waals surface area contributed by atoms with Gasteiger partial charge >= 0.3 is 0 Å². The molecule has 1 N–H and O–H groups in total. The number of amides is 1. The predicted molar refractivity (Wildman–Crippen MR) is 69.0 cm³/mol. The van der Waals surface area contributed by atoms with Crippen molar-refractivity contribution in [2.24, 2.45) is 0 Å². The Balaban J connectivity index is 2.62. The van der Waals surface area contributed by atoms with E-state index in [1.807, 2.05) is 6.92 Å². The Morgan fingerprint density at radius 2 is 2.35 bits per heavy atom. The van der Waals surface area contributed by atoms with Gasteiger partial charge in [0.1, 0.15) is 5.15 Å². The number of aryl methyl sites for hydroxylation is 1. The van der Waals surface area contributed by atoms with E-state index in [1.165, 1.54) is 0 Å². The van der Waals surface area contributed by atoms with Crippen LogP contribution in [0.15, 0.2) is 12.1 Å². The average molecular weight is 251 g/mol. The molecule has 1 heterocycles. The van der Waals surface area contributed by atoms with E-state index < -0.39 is 0 Å². The molecule has 0 saturated heterocycles. The van der Waals surface area contributed by atoms with Crippen molar-refractivity contribution in [3.05, 3.63) is 28.5 Å². The smallest absolute Gasteiger partial charge is 0.251 e. The van der Waals surface area contributed by atoms with Gasteiger partial charge in [0.15, 0.2) is 0 Å².